The van der Waals surface area contributed by atoms with E-state index in [1.165, 1.54) is 0 Å². The standard InChI is InChI=1S/C9H18FN/c10-6-2-1-3-7-11-8-4-5-9-11/h1-9H2/i4D/t4-/m0/s1. The van der Waals surface area contributed by atoms with Gasteiger partial charge in [-0.15, -0.1) is 0 Å². The lowest BCUT2D eigenvalue weighted by Gasteiger charge is -2.13. The van der Waals surface area contributed by atoms with Crippen molar-refractivity contribution < 1.29 is 5.76 Å². The molecule has 1 rings (SSSR count). The largest absolute Gasteiger partial charge is 0.303 e. The quantitative estimate of drug-likeness (QED) is 0.557. The average molecular weight is 160 g/mol. The molecular formula is C9H18FN. The van der Waals surface area contributed by atoms with E-state index >= 15 is 0 Å². The molecule has 0 aromatic carbocycles. The highest BCUT2D eigenvalue weighted by molar-refractivity contribution is 4.65. The van der Waals surface area contributed by atoms with Crippen molar-refractivity contribution in [3.8, 4) is 0 Å². The van der Waals surface area contributed by atoms with Crippen molar-refractivity contribution >= 4 is 0 Å². The number of unbranched alkanes of at least 4 members (excludes halogenated alkanes) is 2. The molecule has 1 saturated heterocycles. The molecule has 0 bridgehead atoms. The number of hydrogen-bond acceptors (Lipinski definition) is 1. The first-order chi connectivity index (χ1) is 5.83. The van der Waals surface area contributed by atoms with Gasteiger partial charge in [0.25, 0.3) is 0 Å². The maximum atomic E-state index is 11.7. The van der Waals surface area contributed by atoms with E-state index in [1.807, 2.05) is 0 Å². The van der Waals surface area contributed by atoms with Crippen LogP contribution in [0.5, 0.6) is 0 Å². The Morgan fingerprint density at radius 1 is 1.27 bits per heavy atom. The Hall–Kier alpha value is -0.110. The third kappa shape index (κ3) is 3.71. The molecule has 11 heavy (non-hydrogen) atoms. The smallest absolute Gasteiger partial charge is 0.0894 e. The van der Waals surface area contributed by atoms with Crippen LogP contribution >= 0.6 is 0 Å². The summed E-state index contributed by atoms with van der Waals surface area (Å²) in [6, 6.07) is 0. The Morgan fingerprint density at radius 2 is 2.18 bits per heavy atom. The second kappa shape index (κ2) is 5.53. The summed E-state index contributed by atoms with van der Waals surface area (Å²) in [5, 5.41) is 0. The van der Waals surface area contributed by atoms with Gasteiger partial charge < -0.3 is 4.90 Å². The topological polar surface area (TPSA) is 3.24 Å². The van der Waals surface area contributed by atoms with Gasteiger partial charge in [-0.05, 0) is 51.7 Å². The number of likely N-dealkylation sites (tertiary alicyclic amines) is 1. The molecular weight excluding hydrogens is 141 g/mol. The maximum absolute atomic E-state index is 11.7. The van der Waals surface area contributed by atoms with Crippen LogP contribution in [0.4, 0.5) is 4.39 Å². The molecule has 0 aromatic rings. The van der Waals surface area contributed by atoms with Crippen molar-refractivity contribution in [2.24, 2.45) is 0 Å². The zero-order valence-electron chi connectivity index (χ0n) is 8.06. The molecule has 1 heterocycles. The fraction of sp³-hybridized carbons (Fsp3) is 1.00. The first-order valence-electron chi connectivity index (χ1n) is 5.11. The number of rotatable bonds is 5. The zero-order chi connectivity index (χ0) is 8.81. The van der Waals surface area contributed by atoms with Gasteiger partial charge in [-0.25, -0.2) is 0 Å². The summed E-state index contributed by atoms with van der Waals surface area (Å²) in [7, 11) is 0. The molecule has 0 saturated carbocycles. The van der Waals surface area contributed by atoms with E-state index in [0.717, 1.165) is 38.9 Å². The van der Waals surface area contributed by atoms with Crippen molar-refractivity contribution in [2.75, 3.05) is 26.3 Å². The maximum Gasteiger partial charge on any atom is 0.0894 e. The molecule has 1 aliphatic heterocycles. The third-order valence-electron chi connectivity index (χ3n) is 2.14. The fourth-order valence-electron chi connectivity index (χ4n) is 1.45. The molecule has 66 valence electrons. The molecule has 2 heteroatoms. The van der Waals surface area contributed by atoms with Crippen LogP contribution in [0, 0.1) is 0 Å². The second-order valence-corrected chi connectivity index (χ2v) is 3.13. The van der Waals surface area contributed by atoms with Crippen molar-refractivity contribution in [1.29, 1.82) is 0 Å². The Bertz CT molecular complexity index is 121. The summed E-state index contributed by atoms with van der Waals surface area (Å²) in [6.07, 6.45) is 3.94. The molecule has 1 nitrogen and oxygen atoms in total. The average Bonchev–Trinajstić information content (AvgIpc) is 2.45. The highest BCUT2D eigenvalue weighted by Gasteiger charge is 2.09. The van der Waals surface area contributed by atoms with E-state index in [-0.39, 0.29) is 13.1 Å². The van der Waals surface area contributed by atoms with Crippen molar-refractivity contribution in [3.63, 3.8) is 0 Å². The van der Waals surface area contributed by atoms with Gasteiger partial charge in [-0.1, -0.05) is 0 Å². The molecule has 0 unspecified atom stereocenters. The SMILES string of the molecule is [2H][C@H]1CCN(CCCCCF)C1. The highest BCUT2D eigenvalue weighted by atomic mass is 19.1. The molecule has 0 N–H and O–H groups in total. The third-order valence-corrected chi connectivity index (χ3v) is 2.14. The van der Waals surface area contributed by atoms with Crippen LogP contribution in [0.3, 0.4) is 0 Å². The lowest BCUT2D eigenvalue weighted by Crippen LogP contribution is -2.20. The number of alkyl halides is 1. The minimum absolute atomic E-state index is 0.131. The van der Waals surface area contributed by atoms with E-state index in [4.69, 9.17) is 1.37 Å². The van der Waals surface area contributed by atoms with Gasteiger partial charge in [-0.3, -0.25) is 4.39 Å². The summed E-state index contributed by atoms with van der Waals surface area (Å²) in [5.41, 5.74) is 0. The molecule has 0 aromatic heterocycles. The summed E-state index contributed by atoms with van der Waals surface area (Å²) < 4.78 is 19.2. The van der Waals surface area contributed by atoms with Gasteiger partial charge in [0.15, 0.2) is 0 Å². The molecule has 1 atom stereocenters. The van der Waals surface area contributed by atoms with Gasteiger partial charge in [-0.2, -0.15) is 0 Å². The second-order valence-electron chi connectivity index (χ2n) is 3.13. The molecule has 0 radical (unpaired) electrons. The van der Waals surface area contributed by atoms with Crippen LogP contribution in [-0.2, 0) is 0 Å². The fourth-order valence-corrected chi connectivity index (χ4v) is 1.45. The van der Waals surface area contributed by atoms with Crippen molar-refractivity contribution in [1.82, 2.24) is 4.90 Å². The van der Waals surface area contributed by atoms with Gasteiger partial charge in [0.2, 0.25) is 0 Å². The molecule has 1 aliphatic rings. The normalized spacial score (nSPS) is 27.4. The number of halogens is 1. The van der Waals surface area contributed by atoms with Gasteiger partial charge in [0, 0.05) is 1.37 Å². The Kier molecular flexibility index (Phi) is 3.79. The highest BCUT2D eigenvalue weighted by Crippen LogP contribution is 2.08. The van der Waals surface area contributed by atoms with Crippen LogP contribution in [0.1, 0.15) is 33.5 Å². The lowest BCUT2D eigenvalue weighted by molar-refractivity contribution is 0.324. The Balaban J connectivity index is 1.93. The van der Waals surface area contributed by atoms with Crippen LogP contribution < -0.4 is 0 Å². The summed E-state index contributed by atoms with van der Waals surface area (Å²) >= 11 is 0. The summed E-state index contributed by atoms with van der Waals surface area (Å²) in [6.45, 7) is 2.88. The van der Waals surface area contributed by atoms with E-state index in [1.54, 1.807) is 0 Å². The van der Waals surface area contributed by atoms with Crippen LogP contribution in [-0.4, -0.2) is 31.2 Å². The first-order valence-corrected chi connectivity index (χ1v) is 4.53. The minimum atomic E-state index is -0.179. The molecule has 0 aliphatic carbocycles. The van der Waals surface area contributed by atoms with Crippen molar-refractivity contribution in [2.45, 2.75) is 32.1 Å². The zero-order valence-corrected chi connectivity index (χ0v) is 7.06. The summed E-state index contributed by atoms with van der Waals surface area (Å²) in [5.74, 6) is 0. The number of hydrogen-bond donors (Lipinski definition) is 0. The minimum Gasteiger partial charge on any atom is -0.303 e. The predicted molar refractivity (Wildman–Crippen MR) is 45.5 cm³/mol. The van der Waals surface area contributed by atoms with Gasteiger partial charge >= 0.3 is 0 Å². The van der Waals surface area contributed by atoms with Gasteiger partial charge in [0.1, 0.15) is 0 Å². The van der Waals surface area contributed by atoms with Crippen LogP contribution in [0.25, 0.3) is 0 Å². The van der Waals surface area contributed by atoms with E-state index < -0.39 is 0 Å². The van der Waals surface area contributed by atoms with Crippen LogP contribution in [0.2, 0.25) is 0 Å². The van der Waals surface area contributed by atoms with E-state index in [0.29, 0.717) is 6.42 Å². The molecule has 0 amide bonds. The molecule has 0 spiro atoms. The lowest BCUT2D eigenvalue weighted by atomic mass is 10.2. The first kappa shape index (κ1) is 7.53. The Labute approximate surface area is 70.0 Å². The molecule has 1 fully saturated rings. The number of nitrogens with zero attached hydrogens (tertiary/aromatic N) is 1. The van der Waals surface area contributed by atoms with E-state index in [9.17, 15) is 4.39 Å². The van der Waals surface area contributed by atoms with E-state index in [2.05, 4.69) is 4.90 Å². The summed E-state index contributed by atoms with van der Waals surface area (Å²) in [4.78, 5) is 2.32. The van der Waals surface area contributed by atoms with Crippen molar-refractivity contribution in [3.05, 3.63) is 0 Å². The van der Waals surface area contributed by atoms with Crippen LogP contribution in [0.15, 0.2) is 0 Å². The monoisotopic (exact) mass is 160 g/mol. The van der Waals surface area contributed by atoms with Gasteiger partial charge in [0.05, 0.1) is 6.67 Å². The predicted octanol–water partition coefficient (Wildman–Crippen LogP) is 2.22. The Morgan fingerprint density at radius 3 is 2.82 bits per heavy atom.